The van der Waals surface area contributed by atoms with Crippen molar-refractivity contribution in [1.82, 2.24) is 4.98 Å². The summed E-state index contributed by atoms with van der Waals surface area (Å²) in [5.74, 6) is -1.59. The van der Waals surface area contributed by atoms with E-state index in [1.807, 2.05) is 55.6 Å². The minimum atomic E-state index is -1.25. The average Bonchev–Trinajstić information content (AvgIpc) is 3.55. The summed E-state index contributed by atoms with van der Waals surface area (Å²) in [6, 6.07) is 10.0. The second-order valence-electron chi connectivity index (χ2n) is 12.4. The van der Waals surface area contributed by atoms with Crippen molar-refractivity contribution >= 4 is 35.4 Å². The number of ketones is 1. The zero-order valence-corrected chi connectivity index (χ0v) is 26.0. The lowest BCUT2D eigenvalue weighted by Crippen LogP contribution is -2.45. The smallest absolute Gasteiger partial charge is 0.309 e. The van der Waals surface area contributed by atoms with Crippen LogP contribution in [0.15, 0.2) is 46.3 Å². The van der Waals surface area contributed by atoms with Gasteiger partial charge in [-0.05, 0) is 42.9 Å². The molecule has 0 unspecified atom stereocenters. The molecule has 2 N–H and O–H groups in total. The van der Waals surface area contributed by atoms with E-state index in [4.69, 9.17) is 9.47 Å². The molecule has 2 aromatic rings. The Balaban J connectivity index is 1.47. The first kappa shape index (κ1) is 32.2. The summed E-state index contributed by atoms with van der Waals surface area (Å²) in [7, 11) is 0. The molecule has 0 bridgehead atoms. The highest BCUT2D eigenvalue weighted by molar-refractivity contribution is 7.11. The normalized spacial score (nSPS) is 31.5. The maximum absolute atomic E-state index is 13.3. The number of hydrogen-bond acceptors (Lipinski definition) is 9. The number of aliphatic hydroxyl groups is 2. The molecule has 2 aliphatic heterocycles. The van der Waals surface area contributed by atoms with Gasteiger partial charge in [0.1, 0.15) is 16.9 Å². The number of Topliss-reactive ketones (excluding diaryl/α,β-unsaturated/α-hetero) is 1. The number of carbonyl (C=O) groups excluding carboxylic acids is 2. The number of benzene rings is 1. The fourth-order valence-electron chi connectivity index (χ4n) is 5.57. The van der Waals surface area contributed by atoms with Crippen LogP contribution >= 0.6 is 11.3 Å². The topological polar surface area (TPSA) is 122 Å². The van der Waals surface area contributed by atoms with Crippen molar-refractivity contribution in [2.45, 2.75) is 104 Å². The molecule has 1 aromatic heterocycles. The molecule has 0 amide bonds. The second-order valence-corrected chi connectivity index (χ2v) is 13.3. The largest absolute Gasteiger partial charge is 0.458 e. The van der Waals surface area contributed by atoms with E-state index in [0.717, 1.165) is 41.1 Å². The minimum Gasteiger partial charge on any atom is -0.458 e. The second kappa shape index (κ2) is 14.2. The van der Waals surface area contributed by atoms with E-state index in [-0.39, 0.29) is 30.3 Å². The number of esters is 1. The van der Waals surface area contributed by atoms with Gasteiger partial charge >= 0.3 is 5.97 Å². The number of aliphatic imine (C=N–C) groups is 1. The van der Waals surface area contributed by atoms with Gasteiger partial charge in [-0.1, -0.05) is 64.4 Å². The molecule has 0 spiro atoms. The first-order valence-corrected chi connectivity index (χ1v) is 15.8. The number of carbonyl (C=O) groups is 2. The number of fused-ring (bicyclic) bond motifs is 1. The molecule has 2 fully saturated rings. The SMILES string of the molecule is CC(=Cc1csc(C=NCc2ccccc2)n1)[C@H]1C[C@@H]2O[C@H]2CCC[C@@H](C)[C@@H](O)[C@H](C)C(=O)C(C)(C)[C@H](O)CC(=O)O1. The summed E-state index contributed by atoms with van der Waals surface area (Å²) in [5, 5.41) is 24.5. The molecule has 2 aliphatic rings. The number of thiazole rings is 1. The number of cyclic esters (lactones) is 1. The standard InChI is InChI=1S/C33H44N2O6S/c1-20-10-9-13-25-27(40-25)15-26(41-30(37)16-28(36)33(4,5)32(39)22(3)31(20)38)21(2)14-24-19-42-29(35-24)18-34-17-23-11-7-6-8-12-23/h6-8,11-12,14,18-20,22,25-28,31,36,38H,9-10,13,15-17H2,1-5H3/t20-,22+,25+,26-,27+,28-,31-/m1/s1. The monoisotopic (exact) mass is 596 g/mol. The lowest BCUT2D eigenvalue weighted by Gasteiger charge is -2.34. The number of hydrogen-bond donors (Lipinski definition) is 2. The third kappa shape index (κ3) is 8.43. The Morgan fingerprint density at radius 3 is 2.62 bits per heavy atom. The van der Waals surface area contributed by atoms with Crippen LogP contribution in [-0.4, -0.2) is 63.7 Å². The minimum absolute atomic E-state index is 0.0303. The molecule has 9 heteroatoms. The fourth-order valence-corrected chi connectivity index (χ4v) is 6.23. The predicted octanol–water partition coefficient (Wildman–Crippen LogP) is 5.40. The molecule has 8 nitrogen and oxygen atoms in total. The zero-order valence-electron chi connectivity index (χ0n) is 25.2. The van der Waals surface area contributed by atoms with Crippen LogP contribution in [0.3, 0.4) is 0 Å². The average molecular weight is 597 g/mol. The lowest BCUT2D eigenvalue weighted by molar-refractivity contribution is -0.154. The molecule has 42 heavy (non-hydrogen) atoms. The highest BCUT2D eigenvalue weighted by Crippen LogP contribution is 2.36. The van der Waals surface area contributed by atoms with Crippen LogP contribution in [0, 0.1) is 17.3 Å². The van der Waals surface area contributed by atoms with Crippen molar-refractivity contribution in [3.63, 3.8) is 0 Å². The van der Waals surface area contributed by atoms with Gasteiger partial charge in [-0.25, -0.2) is 4.98 Å². The van der Waals surface area contributed by atoms with E-state index in [1.165, 1.54) is 11.3 Å². The summed E-state index contributed by atoms with van der Waals surface area (Å²) in [6.07, 6.45) is 3.75. The highest BCUT2D eigenvalue weighted by atomic mass is 32.1. The zero-order chi connectivity index (χ0) is 30.4. The van der Waals surface area contributed by atoms with Gasteiger partial charge in [0.25, 0.3) is 0 Å². The van der Waals surface area contributed by atoms with Crippen LogP contribution in [0.5, 0.6) is 0 Å². The van der Waals surface area contributed by atoms with Crippen molar-refractivity contribution in [1.29, 1.82) is 0 Å². The van der Waals surface area contributed by atoms with E-state index in [9.17, 15) is 19.8 Å². The molecule has 4 rings (SSSR count). The van der Waals surface area contributed by atoms with Gasteiger partial charge < -0.3 is 19.7 Å². The van der Waals surface area contributed by atoms with Crippen LogP contribution in [-0.2, 0) is 25.6 Å². The van der Waals surface area contributed by atoms with E-state index in [0.29, 0.717) is 13.0 Å². The third-order valence-corrected chi connectivity index (χ3v) is 9.43. The number of ether oxygens (including phenoxy) is 2. The van der Waals surface area contributed by atoms with Crippen LogP contribution < -0.4 is 0 Å². The van der Waals surface area contributed by atoms with Gasteiger partial charge in [0.2, 0.25) is 0 Å². The Bertz CT molecular complexity index is 1270. The summed E-state index contributed by atoms with van der Waals surface area (Å²) in [6.45, 7) is 9.38. The summed E-state index contributed by atoms with van der Waals surface area (Å²) in [5.41, 5.74) is 1.49. The van der Waals surface area contributed by atoms with Crippen LogP contribution in [0.25, 0.3) is 6.08 Å². The van der Waals surface area contributed by atoms with Crippen molar-refractivity contribution in [3.05, 3.63) is 57.6 Å². The summed E-state index contributed by atoms with van der Waals surface area (Å²) in [4.78, 5) is 35.5. The Morgan fingerprint density at radius 1 is 1.14 bits per heavy atom. The summed E-state index contributed by atoms with van der Waals surface area (Å²) >= 11 is 1.49. The molecule has 7 atom stereocenters. The number of rotatable bonds is 5. The fraction of sp³-hybridized carbons (Fsp3) is 0.576. The van der Waals surface area contributed by atoms with Gasteiger partial charge in [0.05, 0.1) is 54.7 Å². The van der Waals surface area contributed by atoms with E-state index < -0.39 is 35.6 Å². The lowest BCUT2D eigenvalue weighted by atomic mass is 9.73. The van der Waals surface area contributed by atoms with Gasteiger partial charge in [-0.3, -0.25) is 14.6 Å². The molecule has 0 radical (unpaired) electrons. The molecule has 0 aliphatic carbocycles. The van der Waals surface area contributed by atoms with Gasteiger partial charge in [0.15, 0.2) is 0 Å². The number of nitrogens with zero attached hydrogens (tertiary/aromatic N) is 2. The molecule has 3 heterocycles. The number of aliphatic hydroxyl groups excluding tert-OH is 2. The van der Waals surface area contributed by atoms with Crippen molar-refractivity contribution < 1.29 is 29.3 Å². The quantitative estimate of drug-likeness (QED) is 0.269. The molecular formula is C33H44N2O6S. The van der Waals surface area contributed by atoms with Crippen molar-refractivity contribution in [2.24, 2.45) is 22.2 Å². The maximum Gasteiger partial charge on any atom is 0.309 e. The van der Waals surface area contributed by atoms with Gasteiger partial charge in [-0.15, -0.1) is 11.3 Å². The Labute approximate surface area is 252 Å². The van der Waals surface area contributed by atoms with E-state index in [1.54, 1.807) is 27.0 Å². The molecule has 1 aromatic carbocycles. The predicted molar refractivity (Wildman–Crippen MR) is 164 cm³/mol. The highest BCUT2D eigenvalue weighted by Gasteiger charge is 2.44. The van der Waals surface area contributed by atoms with Crippen molar-refractivity contribution in [2.75, 3.05) is 0 Å². The number of epoxide rings is 1. The molecule has 0 saturated carbocycles. The third-order valence-electron chi connectivity index (χ3n) is 8.63. The molecular weight excluding hydrogens is 552 g/mol. The van der Waals surface area contributed by atoms with Crippen LogP contribution in [0.4, 0.5) is 0 Å². The van der Waals surface area contributed by atoms with Gasteiger partial charge in [0, 0.05) is 17.7 Å². The Morgan fingerprint density at radius 2 is 1.88 bits per heavy atom. The Kier molecular flexibility index (Phi) is 10.9. The molecule has 2 saturated heterocycles. The van der Waals surface area contributed by atoms with Gasteiger partial charge in [-0.2, -0.15) is 0 Å². The van der Waals surface area contributed by atoms with Crippen LogP contribution in [0.2, 0.25) is 0 Å². The van der Waals surface area contributed by atoms with Crippen molar-refractivity contribution in [3.8, 4) is 0 Å². The molecule has 228 valence electrons. The summed E-state index contributed by atoms with van der Waals surface area (Å²) < 4.78 is 11.8. The first-order chi connectivity index (χ1) is 20.0. The maximum atomic E-state index is 13.3. The van der Waals surface area contributed by atoms with E-state index in [2.05, 4.69) is 9.98 Å². The van der Waals surface area contributed by atoms with E-state index >= 15 is 0 Å². The first-order valence-electron chi connectivity index (χ1n) is 14.9. The van der Waals surface area contributed by atoms with Crippen LogP contribution in [0.1, 0.15) is 83.0 Å². The number of aromatic nitrogens is 1. The Hall–Kier alpha value is -2.72.